The summed E-state index contributed by atoms with van der Waals surface area (Å²) in [4.78, 5) is 18.7. The molecule has 0 radical (unpaired) electrons. The van der Waals surface area contributed by atoms with Crippen LogP contribution < -0.4 is 5.32 Å². The Bertz CT molecular complexity index is 633. The Kier molecular flexibility index (Phi) is 6.23. The van der Waals surface area contributed by atoms with Crippen LogP contribution in [-0.4, -0.2) is 46.0 Å². The summed E-state index contributed by atoms with van der Waals surface area (Å²) in [5.41, 5.74) is 1.43. The average Bonchev–Trinajstić information content (AvgIpc) is 3.15. The van der Waals surface area contributed by atoms with E-state index in [2.05, 4.69) is 52.5 Å². The van der Waals surface area contributed by atoms with Crippen LogP contribution in [0.15, 0.2) is 49.1 Å². The molecular weight excluding hydrogens is 312 g/mol. The monoisotopic (exact) mass is 340 g/mol. The van der Waals surface area contributed by atoms with E-state index in [-0.39, 0.29) is 11.9 Å². The van der Waals surface area contributed by atoms with E-state index in [1.54, 1.807) is 12.5 Å². The van der Waals surface area contributed by atoms with Gasteiger partial charge in [0.2, 0.25) is 5.91 Å². The molecule has 1 aromatic carbocycles. The van der Waals surface area contributed by atoms with Crippen molar-refractivity contribution in [2.75, 3.05) is 19.6 Å². The molecule has 5 heteroatoms. The molecule has 0 saturated carbocycles. The first-order valence-electron chi connectivity index (χ1n) is 9.27. The summed E-state index contributed by atoms with van der Waals surface area (Å²) >= 11 is 0. The minimum Gasteiger partial charge on any atom is -0.350 e. The first-order chi connectivity index (χ1) is 12.2. The molecule has 1 saturated heterocycles. The van der Waals surface area contributed by atoms with E-state index >= 15 is 0 Å². The Morgan fingerprint density at radius 1 is 1.28 bits per heavy atom. The molecular formula is C20H28N4O. The number of rotatable bonds is 7. The lowest BCUT2D eigenvalue weighted by Crippen LogP contribution is -2.45. The fourth-order valence-corrected chi connectivity index (χ4v) is 3.55. The fraction of sp³-hybridized carbons (Fsp3) is 0.500. The second-order valence-electron chi connectivity index (χ2n) is 6.89. The highest BCUT2D eigenvalue weighted by Crippen LogP contribution is 2.27. The van der Waals surface area contributed by atoms with Crippen LogP contribution in [-0.2, 0) is 11.3 Å². The van der Waals surface area contributed by atoms with E-state index in [9.17, 15) is 4.79 Å². The van der Waals surface area contributed by atoms with Gasteiger partial charge in [0.05, 0.1) is 12.9 Å². The first kappa shape index (κ1) is 17.7. The van der Waals surface area contributed by atoms with Gasteiger partial charge in [0.25, 0.3) is 0 Å². The van der Waals surface area contributed by atoms with Gasteiger partial charge in [-0.25, -0.2) is 4.98 Å². The highest BCUT2D eigenvalue weighted by molar-refractivity contribution is 5.78. The van der Waals surface area contributed by atoms with Crippen molar-refractivity contribution in [1.82, 2.24) is 19.8 Å². The lowest BCUT2D eigenvalue weighted by molar-refractivity contribution is -0.123. The highest BCUT2D eigenvalue weighted by Gasteiger charge is 2.22. The third-order valence-electron chi connectivity index (χ3n) is 5.07. The molecule has 25 heavy (non-hydrogen) atoms. The minimum atomic E-state index is 0.130. The Balaban J connectivity index is 1.42. The van der Waals surface area contributed by atoms with E-state index in [0.717, 1.165) is 38.9 Å². The number of hydrogen-bond acceptors (Lipinski definition) is 3. The predicted octanol–water partition coefficient (Wildman–Crippen LogP) is 2.66. The average molecular weight is 340 g/mol. The van der Waals surface area contributed by atoms with Crippen LogP contribution in [0.1, 0.15) is 37.7 Å². The molecule has 1 fully saturated rings. The molecule has 1 amide bonds. The van der Waals surface area contributed by atoms with Gasteiger partial charge in [-0.1, -0.05) is 37.3 Å². The zero-order chi connectivity index (χ0) is 17.5. The van der Waals surface area contributed by atoms with E-state index in [1.807, 2.05) is 10.8 Å². The zero-order valence-corrected chi connectivity index (χ0v) is 15.0. The van der Waals surface area contributed by atoms with Gasteiger partial charge < -0.3 is 9.88 Å². The lowest BCUT2D eigenvalue weighted by atomic mass is 9.89. The zero-order valence-electron chi connectivity index (χ0n) is 15.0. The summed E-state index contributed by atoms with van der Waals surface area (Å²) in [6.07, 6.45) is 8.67. The number of hydrogen-bond donors (Lipinski definition) is 1. The number of likely N-dealkylation sites (tertiary alicyclic amines) is 1. The molecule has 1 N–H and O–H groups in total. The SMILES string of the molecule is CC[C@H](Cn1ccnc1)NC(=O)CN1CCC(c2ccccc2)CC1. The maximum Gasteiger partial charge on any atom is 0.234 e. The van der Waals surface area contributed by atoms with Gasteiger partial charge in [-0.15, -0.1) is 0 Å². The largest absolute Gasteiger partial charge is 0.350 e. The normalized spacial score (nSPS) is 17.3. The number of carbonyl (C=O) groups is 1. The Morgan fingerprint density at radius 2 is 2.04 bits per heavy atom. The Morgan fingerprint density at radius 3 is 2.68 bits per heavy atom. The summed E-state index contributed by atoms with van der Waals surface area (Å²) < 4.78 is 2.01. The van der Waals surface area contributed by atoms with Gasteiger partial charge in [0, 0.05) is 25.0 Å². The molecule has 3 rings (SSSR count). The number of imidazole rings is 1. The Hall–Kier alpha value is -2.14. The molecule has 134 valence electrons. The van der Waals surface area contributed by atoms with Crippen molar-refractivity contribution in [3.05, 3.63) is 54.6 Å². The van der Waals surface area contributed by atoms with Crippen LogP contribution in [0, 0.1) is 0 Å². The van der Waals surface area contributed by atoms with Crippen LogP contribution in [0.3, 0.4) is 0 Å². The number of nitrogens with zero attached hydrogens (tertiary/aromatic N) is 3. The Labute approximate surface area is 150 Å². The summed E-state index contributed by atoms with van der Waals surface area (Å²) in [5, 5.41) is 3.17. The van der Waals surface area contributed by atoms with Crippen molar-refractivity contribution in [1.29, 1.82) is 0 Å². The third-order valence-corrected chi connectivity index (χ3v) is 5.07. The number of aromatic nitrogens is 2. The number of carbonyl (C=O) groups excluding carboxylic acids is 1. The van der Waals surface area contributed by atoms with Crippen molar-refractivity contribution in [2.24, 2.45) is 0 Å². The summed E-state index contributed by atoms with van der Waals surface area (Å²) in [7, 11) is 0. The molecule has 2 heterocycles. The molecule has 0 bridgehead atoms. The molecule has 2 aromatic rings. The maximum atomic E-state index is 12.4. The predicted molar refractivity (Wildman–Crippen MR) is 99.3 cm³/mol. The quantitative estimate of drug-likeness (QED) is 0.843. The van der Waals surface area contributed by atoms with Crippen LogP contribution in [0.4, 0.5) is 0 Å². The molecule has 0 unspecified atom stereocenters. The second kappa shape index (κ2) is 8.81. The molecule has 1 aliphatic rings. The van der Waals surface area contributed by atoms with Gasteiger partial charge in [-0.3, -0.25) is 9.69 Å². The van der Waals surface area contributed by atoms with E-state index in [1.165, 1.54) is 5.56 Å². The summed E-state index contributed by atoms with van der Waals surface area (Å²) in [5.74, 6) is 0.760. The van der Waals surface area contributed by atoms with Crippen LogP contribution in [0.2, 0.25) is 0 Å². The van der Waals surface area contributed by atoms with E-state index in [4.69, 9.17) is 0 Å². The lowest BCUT2D eigenvalue weighted by Gasteiger charge is -2.32. The second-order valence-corrected chi connectivity index (χ2v) is 6.89. The van der Waals surface area contributed by atoms with Crippen LogP contribution in [0.5, 0.6) is 0 Å². The van der Waals surface area contributed by atoms with Crippen molar-refractivity contribution < 1.29 is 4.79 Å². The molecule has 0 spiro atoms. The fourth-order valence-electron chi connectivity index (χ4n) is 3.55. The van der Waals surface area contributed by atoms with E-state index in [0.29, 0.717) is 12.5 Å². The number of benzene rings is 1. The van der Waals surface area contributed by atoms with E-state index < -0.39 is 0 Å². The van der Waals surface area contributed by atoms with Crippen molar-refractivity contribution >= 4 is 5.91 Å². The van der Waals surface area contributed by atoms with Gasteiger partial charge in [0.1, 0.15) is 0 Å². The standard InChI is InChI=1S/C20H28N4O/c1-2-19(14-24-13-10-21-16-24)22-20(25)15-23-11-8-18(9-12-23)17-6-4-3-5-7-17/h3-7,10,13,16,18-19H,2,8-9,11-12,14-15H2,1H3,(H,22,25)/t19-/m1/s1. The maximum absolute atomic E-state index is 12.4. The molecule has 0 aliphatic carbocycles. The van der Waals surface area contributed by atoms with Gasteiger partial charge >= 0.3 is 0 Å². The molecule has 1 atom stereocenters. The number of nitrogens with one attached hydrogen (secondary N) is 1. The molecule has 1 aromatic heterocycles. The third kappa shape index (κ3) is 5.16. The molecule has 1 aliphatic heterocycles. The van der Waals surface area contributed by atoms with Gasteiger partial charge in [-0.05, 0) is 43.8 Å². The van der Waals surface area contributed by atoms with Crippen LogP contribution >= 0.6 is 0 Å². The summed E-state index contributed by atoms with van der Waals surface area (Å²) in [6, 6.07) is 10.9. The van der Waals surface area contributed by atoms with Crippen molar-refractivity contribution in [3.63, 3.8) is 0 Å². The van der Waals surface area contributed by atoms with Gasteiger partial charge in [0.15, 0.2) is 0 Å². The summed E-state index contributed by atoms with van der Waals surface area (Å²) in [6.45, 7) is 5.37. The van der Waals surface area contributed by atoms with Crippen LogP contribution in [0.25, 0.3) is 0 Å². The van der Waals surface area contributed by atoms with Crippen molar-refractivity contribution in [2.45, 2.75) is 44.7 Å². The minimum absolute atomic E-state index is 0.130. The number of amides is 1. The smallest absolute Gasteiger partial charge is 0.234 e. The van der Waals surface area contributed by atoms with Gasteiger partial charge in [-0.2, -0.15) is 0 Å². The molecule has 5 nitrogen and oxygen atoms in total. The number of piperidine rings is 1. The topological polar surface area (TPSA) is 50.2 Å². The highest BCUT2D eigenvalue weighted by atomic mass is 16.2. The first-order valence-corrected chi connectivity index (χ1v) is 9.27. The van der Waals surface area contributed by atoms with Crippen molar-refractivity contribution in [3.8, 4) is 0 Å².